The Kier molecular flexibility index (Phi) is 7.97. The molecule has 0 spiro atoms. The van der Waals surface area contributed by atoms with Crippen LogP contribution < -0.4 is 9.47 Å². The zero-order valence-corrected chi connectivity index (χ0v) is 20.1. The molecular formula is C24H20ClF3O6S. The monoisotopic (exact) mass is 528 g/mol. The molecule has 0 saturated carbocycles. The maximum Gasteiger partial charge on any atom is 0.416 e. The molecule has 0 aromatic heterocycles. The van der Waals surface area contributed by atoms with Crippen LogP contribution in [0.3, 0.4) is 0 Å². The van der Waals surface area contributed by atoms with E-state index < -0.39 is 34.2 Å². The number of rotatable bonds is 8. The Morgan fingerprint density at radius 1 is 0.971 bits per heavy atom. The molecule has 0 radical (unpaired) electrons. The second-order valence-electron chi connectivity index (χ2n) is 7.26. The van der Waals surface area contributed by atoms with Crippen LogP contribution in [-0.2, 0) is 25.5 Å². The van der Waals surface area contributed by atoms with Gasteiger partial charge in [-0.2, -0.15) is 13.2 Å². The van der Waals surface area contributed by atoms with Crippen molar-refractivity contribution in [3.63, 3.8) is 0 Å². The van der Waals surface area contributed by atoms with Crippen molar-refractivity contribution in [2.24, 2.45) is 0 Å². The van der Waals surface area contributed by atoms with Gasteiger partial charge in [0.05, 0.1) is 22.1 Å². The Morgan fingerprint density at radius 2 is 1.66 bits per heavy atom. The Labute approximate surface area is 205 Å². The Hall–Kier alpha value is -3.24. The van der Waals surface area contributed by atoms with Crippen LogP contribution in [0.15, 0.2) is 70.5 Å². The molecule has 6 nitrogen and oxygen atoms in total. The highest BCUT2D eigenvalue weighted by molar-refractivity contribution is 7.91. The molecule has 0 N–H and O–H groups in total. The molecule has 0 bridgehead atoms. The van der Waals surface area contributed by atoms with E-state index in [-0.39, 0.29) is 38.7 Å². The quantitative estimate of drug-likeness (QED) is 0.322. The summed E-state index contributed by atoms with van der Waals surface area (Å²) in [6, 6.07) is 12.4. The van der Waals surface area contributed by atoms with E-state index in [9.17, 15) is 26.4 Å². The molecule has 11 heteroatoms. The molecule has 3 rings (SSSR count). The first-order valence-corrected chi connectivity index (χ1v) is 12.1. The largest absolute Gasteiger partial charge is 0.480 e. The Bertz CT molecular complexity index is 1320. The van der Waals surface area contributed by atoms with Crippen LogP contribution in [0.5, 0.6) is 17.2 Å². The molecule has 186 valence electrons. The van der Waals surface area contributed by atoms with E-state index in [4.69, 9.17) is 25.8 Å². The molecule has 0 amide bonds. The molecule has 0 saturated heterocycles. The van der Waals surface area contributed by atoms with Crippen LogP contribution in [0.2, 0.25) is 5.02 Å². The van der Waals surface area contributed by atoms with Crippen molar-refractivity contribution in [3.05, 3.63) is 76.8 Å². The number of hydrogen-bond acceptors (Lipinski definition) is 6. The summed E-state index contributed by atoms with van der Waals surface area (Å²) in [5.41, 5.74) is -0.0900. The molecule has 35 heavy (non-hydrogen) atoms. The summed E-state index contributed by atoms with van der Waals surface area (Å²) in [7, 11) is -4.05. The van der Waals surface area contributed by atoms with E-state index in [0.717, 1.165) is 17.7 Å². The third kappa shape index (κ3) is 6.46. The Balaban J connectivity index is 1.98. The SMILES string of the molecule is CCOC(=O)COc1cc(Oc2ccc(C(F)(F)F)cc2Cl)ccc1S(=O)(=O)c1ccc(C)cc1. The number of carbonyl (C=O) groups is 1. The van der Waals surface area contributed by atoms with Gasteiger partial charge in [0.2, 0.25) is 9.84 Å². The van der Waals surface area contributed by atoms with E-state index in [1.807, 2.05) is 6.92 Å². The summed E-state index contributed by atoms with van der Waals surface area (Å²) in [6.45, 7) is 2.94. The van der Waals surface area contributed by atoms with Crippen LogP contribution in [0.25, 0.3) is 0 Å². The molecule has 0 atom stereocenters. The molecule has 3 aromatic rings. The van der Waals surface area contributed by atoms with Crippen molar-refractivity contribution in [3.8, 4) is 17.2 Å². The van der Waals surface area contributed by atoms with Gasteiger partial charge in [-0.05, 0) is 56.3 Å². The second-order valence-corrected chi connectivity index (χ2v) is 9.59. The number of ether oxygens (including phenoxy) is 3. The molecule has 3 aromatic carbocycles. The highest BCUT2D eigenvalue weighted by Crippen LogP contribution is 2.38. The molecule has 0 unspecified atom stereocenters. The molecule has 0 heterocycles. The molecule has 0 aliphatic carbocycles. The van der Waals surface area contributed by atoms with Gasteiger partial charge in [0.1, 0.15) is 22.1 Å². The van der Waals surface area contributed by atoms with Gasteiger partial charge < -0.3 is 14.2 Å². The lowest BCUT2D eigenvalue weighted by Gasteiger charge is -2.15. The van der Waals surface area contributed by atoms with Gasteiger partial charge in [-0.25, -0.2) is 13.2 Å². The third-order valence-electron chi connectivity index (χ3n) is 4.67. The summed E-state index contributed by atoms with van der Waals surface area (Å²) in [4.78, 5) is 11.5. The van der Waals surface area contributed by atoms with Crippen molar-refractivity contribution in [1.29, 1.82) is 0 Å². The van der Waals surface area contributed by atoms with E-state index in [2.05, 4.69) is 0 Å². The van der Waals surface area contributed by atoms with E-state index in [1.54, 1.807) is 19.1 Å². The maximum atomic E-state index is 13.2. The lowest BCUT2D eigenvalue weighted by atomic mass is 10.2. The minimum absolute atomic E-state index is 0.00327. The van der Waals surface area contributed by atoms with Crippen molar-refractivity contribution >= 4 is 27.4 Å². The second kappa shape index (κ2) is 10.6. The van der Waals surface area contributed by atoms with Crippen LogP contribution in [0, 0.1) is 6.92 Å². The van der Waals surface area contributed by atoms with Crippen LogP contribution in [-0.4, -0.2) is 27.6 Å². The number of carbonyl (C=O) groups excluding carboxylic acids is 1. The molecule has 0 aliphatic heterocycles. The molecular weight excluding hydrogens is 509 g/mol. The fourth-order valence-electron chi connectivity index (χ4n) is 2.96. The van der Waals surface area contributed by atoms with Gasteiger partial charge >= 0.3 is 12.1 Å². The summed E-state index contributed by atoms with van der Waals surface area (Å²) in [5, 5.41) is -0.301. The average molecular weight is 529 g/mol. The van der Waals surface area contributed by atoms with Gasteiger partial charge in [0.25, 0.3) is 0 Å². The van der Waals surface area contributed by atoms with Crippen LogP contribution in [0.4, 0.5) is 13.2 Å². The summed E-state index contributed by atoms with van der Waals surface area (Å²) in [5.74, 6) is -0.999. The topological polar surface area (TPSA) is 78.9 Å². The highest BCUT2D eigenvalue weighted by Gasteiger charge is 2.31. The molecule has 0 fully saturated rings. The number of sulfone groups is 1. The summed E-state index contributed by atoms with van der Waals surface area (Å²) < 4.78 is 81.0. The Morgan fingerprint density at radius 3 is 2.26 bits per heavy atom. The number of benzene rings is 3. The zero-order chi connectivity index (χ0) is 25.8. The number of aryl methyl sites for hydroxylation is 1. The van der Waals surface area contributed by atoms with Gasteiger partial charge in [-0.3, -0.25) is 0 Å². The first-order chi connectivity index (χ1) is 16.4. The smallest absolute Gasteiger partial charge is 0.416 e. The van der Waals surface area contributed by atoms with Crippen LogP contribution in [0.1, 0.15) is 18.1 Å². The van der Waals surface area contributed by atoms with Gasteiger partial charge in [0, 0.05) is 6.07 Å². The van der Waals surface area contributed by atoms with E-state index in [1.165, 1.54) is 30.3 Å². The highest BCUT2D eigenvalue weighted by atomic mass is 35.5. The maximum absolute atomic E-state index is 13.2. The predicted octanol–water partition coefficient (Wildman–Crippen LogP) is 6.23. The standard InChI is InChI=1S/C24H20ClF3O6S/c1-3-32-23(29)14-33-21-13-17(34-20-10-6-16(12-19(20)25)24(26,27)28)7-11-22(21)35(30,31)18-8-4-15(2)5-9-18/h4-13H,3,14H2,1-2H3. The van der Waals surface area contributed by atoms with Gasteiger partial charge in [-0.15, -0.1) is 0 Å². The number of alkyl halides is 3. The van der Waals surface area contributed by atoms with Crippen molar-refractivity contribution in [1.82, 2.24) is 0 Å². The molecule has 0 aliphatic rings. The van der Waals surface area contributed by atoms with E-state index in [0.29, 0.717) is 6.07 Å². The van der Waals surface area contributed by atoms with Crippen molar-refractivity contribution in [2.45, 2.75) is 29.8 Å². The number of hydrogen-bond donors (Lipinski definition) is 0. The fourth-order valence-corrected chi connectivity index (χ4v) is 4.55. The lowest BCUT2D eigenvalue weighted by molar-refractivity contribution is -0.145. The number of halogens is 4. The predicted molar refractivity (Wildman–Crippen MR) is 122 cm³/mol. The summed E-state index contributed by atoms with van der Waals surface area (Å²) >= 11 is 5.95. The lowest BCUT2D eigenvalue weighted by Crippen LogP contribution is -2.16. The first kappa shape index (κ1) is 26.4. The normalized spacial score (nSPS) is 11.7. The summed E-state index contributed by atoms with van der Waals surface area (Å²) in [6.07, 6.45) is -4.58. The van der Waals surface area contributed by atoms with Crippen molar-refractivity contribution in [2.75, 3.05) is 13.2 Å². The van der Waals surface area contributed by atoms with Gasteiger partial charge in [0.15, 0.2) is 6.61 Å². The van der Waals surface area contributed by atoms with Gasteiger partial charge in [-0.1, -0.05) is 29.3 Å². The number of esters is 1. The van der Waals surface area contributed by atoms with Crippen molar-refractivity contribution < 1.29 is 40.6 Å². The average Bonchev–Trinajstić information content (AvgIpc) is 2.79. The fraction of sp³-hybridized carbons (Fsp3) is 0.208. The minimum Gasteiger partial charge on any atom is -0.480 e. The van der Waals surface area contributed by atoms with E-state index >= 15 is 0 Å². The van der Waals surface area contributed by atoms with Crippen LogP contribution >= 0.6 is 11.6 Å². The third-order valence-corrected chi connectivity index (χ3v) is 6.78. The zero-order valence-electron chi connectivity index (χ0n) is 18.6. The minimum atomic E-state index is -4.58. The first-order valence-electron chi connectivity index (χ1n) is 10.2.